The molecule has 0 amide bonds. The van der Waals surface area contributed by atoms with Gasteiger partial charge in [0.1, 0.15) is 0 Å². The van der Waals surface area contributed by atoms with Crippen LogP contribution in [0.1, 0.15) is 47.9 Å². The van der Waals surface area contributed by atoms with Crippen LogP contribution < -0.4 is 11.3 Å². The van der Waals surface area contributed by atoms with Crippen LogP contribution in [-0.4, -0.2) is 0 Å². The second kappa shape index (κ2) is 5.55. The van der Waals surface area contributed by atoms with Crippen LogP contribution in [0.15, 0.2) is 54.6 Å². The quantitative estimate of drug-likeness (QED) is 0.645. The molecule has 1 saturated carbocycles. The third kappa shape index (κ3) is 2.42. The molecular weight excluding hydrogens is 232 g/mol. The highest BCUT2D eigenvalue weighted by molar-refractivity contribution is 5.39. The first-order valence-electron chi connectivity index (χ1n) is 7.00. The van der Waals surface area contributed by atoms with E-state index >= 15 is 0 Å². The molecule has 2 aromatic carbocycles. The highest BCUT2D eigenvalue weighted by Crippen LogP contribution is 2.40. The fourth-order valence-electron chi connectivity index (χ4n) is 2.88. The number of nitrogens with two attached hydrogens (primary N) is 1. The monoisotopic (exact) mass is 252 g/mol. The van der Waals surface area contributed by atoms with E-state index in [4.69, 9.17) is 5.84 Å². The first-order valence-corrected chi connectivity index (χ1v) is 7.00. The Balaban J connectivity index is 1.99. The first kappa shape index (κ1) is 12.4. The summed E-state index contributed by atoms with van der Waals surface area (Å²) in [5.74, 6) is 6.53. The van der Waals surface area contributed by atoms with Crippen LogP contribution in [0.25, 0.3) is 0 Å². The zero-order valence-corrected chi connectivity index (χ0v) is 11.0. The van der Waals surface area contributed by atoms with Crippen molar-refractivity contribution in [3.05, 3.63) is 71.3 Å². The summed E-state index contributed by atoms with van der Waals surface area (Å²) in [5.41, 5.74) is 6.98. The number of benzene rings is 2. The number of hydrogen-bond donors (Lipinski definition) is 2. The maximum absolute atomic E-state index is 5.82. The molecule has 2 nitrogen and oxygen atoms in total. The van der Waals surface area contributed by atoms with E-state index in [1.165, 1.54) is 36.0 Å². The summed E-state index contributed by atoms with van der Waals surface area (Å²) in [5, 5.41) is 0. The Morgan fingerprint density at radius 2 is 1.63 bits per heavy atom. The van der Waals surface area contributed by atoms with Crippen molar-refractivity contribution in [1.82, 2.24) is 5.43 Å². The number of hydrogen-bond acceptors (Lipinski definition) is 2. The van der Waals surface area contributed by atoms with E-state index in [0.29, 0.717) is 0 Å². The van der Waals surface area contributed by atoms with Crippen molar-refractivity contribution in [3.63, 3.8) is 0 Å². The Hall–Kier alpha value is -1.64. The number of rotatable bonds is 4. The topological polar surface area (TPSA) is 38.0 Å². The molecule has 3 rings (SSSR count). The molecule has 1 fully saturated rings. The average molecular weight is 252 g/mol. The van der Waals surface area contributed by atoms with Gasteiger partial charge in [0.05, 0.1) is 6.04 Å². The number of nitrogens with one attached hydrogen (secondary N) is 1. The van der Waals surface area contributed by atoms with Gasteiger partial charge in [0.2, 0.25) is 0 Å². The standard InChI is InChI=1S/C17H20N2/c18-19-17(14-7-2-1-3-8-14)16-12-5-4-11-15(16)13-9-6-10-13/h1-5,7-8,11-13,17,19H,6,9-10,18H2. The molecule has 0 radical (unpaired) electrons. The third-order valence-electron chi connectivity index (χ3n) is 4.15. The van der Waals surface area contributed by atoms with Crippen LogP contribution in [0.2, 0.25) is 0 Å². The Morgan fingerprint density at radius 3 is 2.26 bits per heavy atom. The molecule has 1 atom stereocenters. The van der Waals surface area contributed by atoms with Crippen molar-refractivity contribution in [1.29, 1.82) is 0 Å². The van der Waals surface area contributed by atoms with Gasteiger partial charge in [0, 0.05) is 0 Å². The minimum Gasteiger partial charge on any atom is -0.271 e. The van der Waals surface area contributed by atoms with Crippen LogP contribution in [-0.2, 0) is 0 Å². The second-order valence-corrected chi connectivity index (χ2v) is 5.27. The van der Waals surface area contributed by atoms with Crippen LogP contribution >= 0.6 is 0 Å². The molecule has 0 aliphatic heterocycles. The Morgan fingerprint density at radius 1 is 0.947 bits per heavy atom. The van der Waals surface area contributed by atoms with Crippen molar-refractivity contribution in [2.24, 2.45) is 5.84 Å². The van der Waals surface area contributed by atoms with Crippen molar-refractivity contribution in [3.8, 4) is 0 Å². The molecule has 0 aromatic heterocycles. The van der Waals surface area contributed by atoms with Gasteiger partial charge in [0.25, 0.3) is 0 Å². The van der Waals surface area contributed by atoms with E-state index in [0.717, 1.165) is 5.92 Å². The normalized spacial score (nSPS) is 16.9. The van der Waals surface area contributed by atoms with E-state index in [1.807, 2.05) is 6.07 Å². The van der Waals surface area contributed by atoms with Gasteiger partial charge in [-0.15, -0.1) is 0 Å². The highest BCUT2D eigenvalue weighted by Gasteiger charge is 2.25. The van der Waals surface area contributed by atoms with E-state index in [9.17, 15) is 0 Å². The second-order valence-electron chi connectivity index (χ2n) is 5.27. The number of hydrazine groups is 1. The van der Waals surface area contributed by atoms with Gasteiger partial charge < -0.3 is 0 Å². The molecule has 0 spiro atoms. The predicted molar refractivity (Wildman–Crippen MR) is 78.6 cm³/mol. The summed E-state index contributed by atoms with van der Waals surface area (Å²) in [6, 6.07) is 19.2. The summed E-state index contributed by atoms with van der Waals surface area (Å²) in [4.78, 5) is 0. The van der Waals surface area contributed by atoms with Crippen LogP contribution in [0.4, 0.5) is 0 Å². The molecule has 2 heteroatoms. The molecule has 0 heterocycles. The molecule has 2 aromatic rings. The summed E-state index contributed by atoms with van der Waals surface area (Å²) >= 11 is 0. The zero-order chi connectivity index (χ0) is 13.1. The van der Waals surface area contributed by atoms with Gasteiger partial charge in [-0.05, 0) is 35.4 Å². The Bertz CT molecular complexity index is 532. The molecule has 98 valence electrons. The average Bonchev–Trinajstić information content (AvgIpc) is 2.41. The van der Waals surface area contributed by atoms with Gasteiger partial charge in [-0.1, -0.05) is 61.0 Å². The molecular formula is C17H20N2. The molecule has 19 heavy (non-hydrogen) atoms. The first-order chi connectivity index (χ1) is 9.40. The zero-order valence-electron chi connectivity index (χ0n) is 11.0. The molecule has 0 bridgehead atoms. The molecule has 3 N–H and O–H groups in total. The van der Waals surface area contributed by atoms with E-state index in [2.05, 4.69) is 54.0 Å². The maximum atomic E-state index is 5.82. The minimum absolute atomic E-state index is 0.0815. The lowest BCUT2D eigenvalue weighted by molar-refractivity contribution is 0.414. The lowest BCUT2D eigenvalue weighted by Gasteiger charge is -2.30. The Labute approximate surface area is 114 Å². The summed E-state index contributed by atoms with van der Waals surface area (Å²) in [6.45, 7) is 0. The molecule has 1 aliphatic carbocycles. The van der Waals surface area contributed by atoms with Crippen molar-refractivity contribution < 1.29 is 0 Å². The third-order valence-corrected chi connectivity index (χ3v) is 4.15. The van der Waals surface area contributed by atoms with Crippen molar-refractivity contribution >= 4 is 0 Å². The largest absolute Gasteiger partial charge is 0.271 e. The van der Waals surface area contributed by atoms with E-state index in [-0.39, 0.29) is 6.04 Å². The van der Waals surface area contributed by atoms with Crippen molar-refractivity contribution in [2.75, 3.05) is 0 Å². The van der Waals surface area contributed by atoms with E-state index < -0.39 is 0 Å². The fourth-order valence-corrected chi connectivity index (χ4v) is 2.88. The molecule has 0 saturated heterocycles. The van der Waals surface area contributed by atoms with Gasteiger partial charge in [-0.3, -0.25) is 5.84 Å². The van der Waals surface area contributed by atoms with Gasteiger partial charge in [-0.25, -0.2) is 5.43 Å². The van der Waals surface area contributed by atoms with Gasteiger partial charge in [0.15, 0.2) is 0 Å². The van der Waals surface area contributed by atoms with Crippen LogP contribution in [0, 0.1) is 0 Å². The minimum atomic E-state index is 0.0815. The Kier molecular flexibility index (Phi) is 3.62. The lowest BCUT2D eigenvalue weighted by Crippen LogP contribution is -2.30. The van der Waals surface area contributed by atoms with Crippen LogP contribution in [0.5, 0.6) is 0 Å². The van der Waals surface area contributed by atoms with Gasteiger partial charge in [-0.2, -0.15) is 0 Å². The smallest absolute Gasteiger partial charge is 0.0712 e. The van der Waals surface area contributed by atoms with Crippen LogP contribution in [0.3, 0.4) is 0 Å². The molecule has 1 aliphatic rings. The summed E-state index contributed by atoms with van der Waals surface area (Å²) < 4.78 is 0. The predicted octanol–water partition coefficient (Wildman–Crippen LogP) is 3.51. The summed E-state index contributed by atoms with van der Waals surface area (Å²) in [6.07, 6.45) is 3.97. The lowest BCUT2D eigenvalue weighted by atomic mass is 9.76. The van der Waals surface area contributed by atoms with E-state index in [1.54, 1.807) is 0 Å². The van der Waals surface area contributed by atoms with Crippen molar-refractivity contribution in [2.45, 2.75) is 31.2 Å². The van der Waals surface area contributed by atoms with Gasteiger partial charge >= 0.3 is 0 Å². The highest BCUT2D eigenvalue weighted by atomic mass is 15.2. The SMILES string of the molecule is NNC(c1ccccc1)c1ccccc1C1CCC1. The summed E-state index contributed by atoms with van der Waals surface area (Å²) in [7, 11) is 0. The maximum Gasteiger partial charge on any atom is 0.0712 e. The fraction of sp³-hybridized carbons (Fsp3) is 0.294. The molecule has 1 unspecified atom stereocenters.